The molecule has 0 bridgehead atoms. The highest BCUT2D eigenvalue weighted by atomic mass is 79.9. The molecule has 0 amide bonds. The van der Waals surface area contributed by atoms with Crippen LogP contribution < -0.4 is 0 Å². The lowest BCUT2D eigenvalue weighted by Crippen LogP contribution is -1.82. The minimum atomic E-state index is 0.786. The number of hydrogen-bond acceptors (Lipinski definition) is 1. The van der Waals surface area contributed by atoms with Crippen molar-refractivity contribution < 1.29 is 0 Å². The standard InChI is InChI=1S/C24H14BrClS/c25-21-6-2-1-4-18(21)15-8-10-16(11-9-15)19-5-3-7-22-24(19)20-13-12-17(26)14-23(20)27-22/h1-14H. The summed E-state index contributed by atoms with van der Waals surface area (Å²) in [6, 6.07) is 29.8. The monoisotopic (exact) mass is 448 g/mol. The summed E-state index contributed by atoms with van der Waals surface area (Å²) in [6.45, 7) is 0. The van der Waals surface area contributed by atoms with Crippen molar-refractivity contribution in [1.82, 2.24) is 0 Å². The van der Waals surface area contributed by atoms with Gasteiger partial charge in [0.25, 0.3) is 0 Å². The Labute approximate surface area is 175 Å². The molecule has 0 saturated heterocycles. The van der Waals surface area contributed by atoms with Crippen LogP contribution in [0.4, 0.5) is 0 Å². The Bertz CT molecular complexity index is 1290. The fraction of sp³-hybridized carbons (Fsp3) is 0. The van der Waals surface area contributed by atoms with Crippen LogP contribution in [0.2, 0.25) is 5.02 Å². The quantitative estimate of drug-likeness (QED) is 0.252. The number of rotatable bonds is 2. The van der Waals surface area contributed by atoms with E-state index in [-0.39, 0.29) is 0 Å². The molecule has 1 aromatic heterocycles. The molecule has 0 aliphatic carbocycles. The maximum Gasteiger partial charge on any atom is 0.0420 e. The van der Waals surface area contributed by atoms with Crippen molar-refractivity contribution in [3.05, 3.63) is 94.4 Å². The van der Waals surface area contributed by atoms with Gasteiger partial charge < -0.3 is 0 Å². The summed E-state index contributed by atoms with van der Waals surface area (Å²) < 4.78 is 3.63. The molecule has 3 heteroatoms. The van der Waals surface area contributed by atoms with E-state index in [9.17, 15) is 0 Å². The normalized spacial score (nSPS) is 11.3. The van der Waals surface area contributed by atoms with Crippen LogP contribution in [0, 0.1) is 0 Å². The summed E-state index contributed by atoms with van der Waals surface area (Å²) in [5.41, 5.74) is 4.91. The number of fused-ring (bicyclic) bond motifs is 3. The topological polar surface area (TPSA) is 0 Å². The lowest BCUT2D eigenvalue weighted by atomic mass is 9.97. The predicted molar refractivity (Wildman–Crippen MR) is 123 cm³/mol. The van der Waals surface area contributed by atoms with E-state index in [0.29, 0.717) is 0 Å². The zero-order chi connectivity index (χ0) is 18.4. The summed E-state index contributed by atoms with van der Waals surface area (Å²) in [5, 5.41) is 3.36. The Balaban J connectivity index is 1.68. The SMILES string of the molecule is Clc1ccc2c(c1)sc1cccc(-c3ccc(-c4ccccc4Br)cc3)c12. The molecule has 0 N–H and O–H groups in total. The second-order valence-corrected chi connectivity index (χ2v) is 8.85. The molecule has 0 nitrogen and oxygen atoms in total. The molecule has 5 rings (SSSR count). The Morgan fingerprint density at radius 1 is 0.667 bits per heavy atom. The van der Waals surface area contributed by atoms with E-state index in [0.717, 1.165) is 9.50 Å². The molecular weight excluding hydrogens is 436 g/mol. The third-order valence-electron chi connectivity index (χ3n) is 4.84. The Morgan fingerprint density at radius 2 is 1.37 bits per heavy atom. The van der Waals surface area contributed by atoms with Crippen molar-refractivity contribution in [3.8, 4) is 22.3 Å². The van der Waals surface area contributed by atoms with Gasteiger partial charge in [0.1, 0.15) is 0 Å². The van der Waals surface area contributed by atoms with Crippen molar-refractivity contribution in [3.63, 3.8) is 0 Å². The third-order valence-corrected chi connectivity index (χ3v) is 6.88. The molecule has 1 heterocycles. The van der Waals surface area contributed by atoms with Gasteiger partial charge in [0.05, 0.1) is 0 Å². The van der Waals surface area contributed by atoms with Crippen molar-refractivity contribution in [2.24, 2.45) is 0 Å². The molecule has 27 heavy (non-hydrogen) atoms. The smallest absolute Gasteiger partial charge is 0.0420 e. The minimum absolute atomic E-state index is 0.786. The molecule has 0 radical (unpaired) electrons. The van der Waals surface area contributed by atoms with Gasteiger partial charge >= 0.3 is 0 Å². The Kier molecular flexibility index (Phi) is 4.28. The molecule has 0 unspecified atom stereocenters. The van der Waals surface area contributed by atoms with Crippen LogP contribution in [0.3, 0.4) is 0 Å². The van der Waals surface area contributed by atoms with Gasteiger partial charge in [-0.15, -0.1) is 11.3 Å². The summed E-state index contributed by atoms with van der Waals surface area (Å²) in [5.74, 6) is 0. The summed E-state index contributed by atoms with van der Waals surface area (Å²) in [4.78, 5) is 0. The highest BCUT2D eigenvalue weighted by Gasteiger charge is 2.11. The molecule has 0 saturated carbocycles. The average Bonchev–Trinajstić information content (AvgIpc) is 3.06. The number of benzene rings is 4. The number of halogens is 2. The molecule has 0 spiro atoms. The summed E-state index contributed by atoms with van der Waals surface area (Å²) in [7, 11) is 0. The van der Waals surface area contributed by atoms with Crippen LogP contribution in [0.25, 0.3) is 42.4 Å². The van der Waals surface area contributed by atoms with E-state index >= 15 is 0 Å². The lowest BCUT2D eigenvalue weighted by Gasteiger charge is -2.08. The predicted octanol–water partition coefficient (Wildman–Crippen LogP) is 8.80. The molecule has 130 valence electrons. The first-order chi connectivity index (χ1) is 13.2. The maximum absolute atomic E-state index is 6.19. The highest BCUT2D eigenvalue weighted by Crippen LogP contribution is 2.41. The second-order valence-electron chi connectivity index (χ2n) is 6.48. The van der Waals surface area contributed by atoms with Gasteiger partial charge in [-0.3, -0.25) is 0 Å². The van der Waals surface area contributed by atoms with E-state index in [4.69, 9.17) is 11.6 Å². The molecule has 0 aliphatic heterocycles. The van der Waals surface area contributed by atoms with Crippen LogP contribution in [0.1, 0.15) is 0 Å². The number of hydrogen-bond donors (Lipinski definition) is 0. The average molecular weight is 450 g/mol. The van der Waals surface area contributed by atoms with Gasteiger partial charge in [-0.25, -0.2) is 0 Å². The Hall–Kier alpha value is -2.13. The van der Waals surface area contributed by atoms with Crippen LogP contribution in [0.5, 0.6) is 0 Å². The van der Waals surface area contributed by atoms with Gasteiger partial charge in [-0.2, -0.15) is 0 Å². The van der Waals surface area contributed by atoms with Gasteiger partial charge in [0.2, 0.25) is 0 Å². The van der Waals surface area contributed by atoms with Gasteiger partial charge in [0.15, 0.2) is 0 Å². The largest absolute Gasteiger partial charge is 0.135 e. The minimum Gasteiger partial charge on any atom is -0.135 e. The highest BCUT2D eigenvalue weighted by molar-refractivity contribution is 9.10. The van der Waals surface area contributed by atoms with Crippen molar-refractivity contribution in [1.29, 1.82) is 0 Å². The van der Waals surface area contributed by atoms with E-state index < -0.39 is 0 Å². The molecule has 0 atom stereocenters. The zero-order valence-corrected chi connectivity index (χ0v) is 17.4. The summed E-state index contributed by atoms with van der Waals surface area (Å²) in [6.07, 6.45) is 0. The zero-order valence-electron chi connectivity index (χ0n) is 14.2. The van der Waals surface area contributed by atoms with Gasteiger partial charge in [-0.1, -0.05) is 88.2 Å². The molecule has 5 aromatic rings. The van der Waals surface area contributed by atoms with Crippen molar-refractivity contribution >= 4 is 59.0 Å². The van der Waals surface area contributed by atoms with Crippen molar-refractivity contribution in [2.45, 2.75) is 0 Å². The summed E-state index contributed by atoms with van der Waals surface area (Å²) >= 11 is 11.6. The van der Waals surface area contributed by atoms with E-state index in [2.05, 4.69) is 88.7 Å². The first-order valence-corrected chi connectivity index (χ1v) is 10.7. The molecular formula is C24H14BrClS. The van der Waals surface area contributed by atoms with Crippen LogP contribution in [-0.4, -0.2) is 0 Å². The number of thiophene rings is 1. The van der Waals surface area contributed by atoms with Crippen LogP contribution >= 0.6 is 38.9 Å². The van der Waals surface area contributed by atoms with E-state index in [1.165, 1.54) is 42.4 Å². The fourth-order valence-electron chi connectivity index (χ4n) is 3.56. The first kappa shape index (κ1) is 17.0. The van der Waals surface area contributed by atoms with Gasteiger partial charge in [-0.05, 0) is 46.5 Å². The molecule has 0 fully saturated rings. The lowest BCUT2D eigenvalue weighted by molar-refractivity contribution is 1.58. The van der Waals surface area contributed by atoms with Crippen LogP contribution in [-0.2, 0) is 0 Å². The third kappa shape index (κ3) is 2.98. The van der Waals surface area contributed by atoms with E-state index in [1.54, 1.807) is 11.3 Å². The van der Waals surface area contributed by atoms with Gasteiger partial charge in [0, 0.05) is 29.7 Å². The fourth-order valence-corrected chi connectivity index (χ4v) is 5.49. The Morgan fingerprint density at radius 3 is 2.15 bits per heavy atom. The second kappa shape index (κ2) is 6.79. The molecule has 0 aliphatic rings. The first-order valence-electron chi connectivity index (χ1n) is 8.67. The van der Waals surface area contributed by atoms with Crippen LogP contribution in [0.15, 0.2) is 89.4 Å². The molecule has 4 aromatic carbocycles. The maximum atomic E-state index is 6.19. The van der Waals surface area contributed by atoms with E-state index in [1.807, 2.05) is 12.1 Å². The van der Waals surface area contributed by atoms with Crippen molar-refractivity contribution in [2.75, 3.05) is 0 Å².